The Labute approximate surface area is 131 Å². The van der Waals surface area contributed by atoms with E-state index in [9.17, 15) is 0 Å². The molecule has 22 heavy (non-hydrogen) atoms. The van der Waals surface area contributed by atoms with Crippen LogP contribution in [0, 0.1) is 0 Å². The SMILES string of the molecule is CN(C)C1CCN(c2cc(Nc3ccccc3)nc(N)n2)C1. The second-order valence-corrected chi connectivity index (χ2v) is 5.81. The quantitative estimate of drug-likeness (QED) is 0.899. The highest BCUT2D eigenvalue weighted by Gasteiger charge is 2.25. The summed E-state index contributed by atoms with van der Waals surface area (Å²) in [4.78, 5) is 13.2. The molecule has 0 saturated carbocycles. The van der Waals surface area contributed by atoms with Crippen LogP contribution in [-0.4, -0.2) is 48.1 Å². The molecule has 6 nitrogen and oxygen atoms in total. The Morgan fingerprint density at radius 1 is 1.23 bits per heavy atom. The van der Waals surface area contributed by atoms with Crippen molar-refractivity contribution < 1.29 is 0 Å². The third kappa shape index (κ3) is 3.28. The summed E-state index contributed by atoms with van der Waals surface area (Å²) < 4.78 is 0. The van der Waals surface area contributed by atoms with Gasteiger partial charge in [0.25, 0.3) is 0 Å². The van der Waals surface area contributed by atoms with E-state index in [1.807, 2.05) is 36.4 Å². The number of rotatable bonds is 4. The smallest absolute Gasteiger partial charge is 0.223 e. The minimum atomic E-state index is 0.296. The molecule has 1 aromatic heterocycles. The van der Waals surface area contributed by atoms with Crippen LogP contribution in [0.15, 0.2) is 36.4 Å². The number of anilines is 4. The van der Waals surface area contributed by atoms with E-state index in [0.717, 1.165) is 36.8 Å². The van der Waals surface area contributed by atoms with Gasteiger partial charge in [-0.3, -0.25) is 0 Å². The fourth-order valence-corrected chi connectivity index (χ4v) is 2.72. The molecule has 1 aromatic carbocycles. The van der Waals surface area contributed by atoms with E-state index in [4.69, 9.17) is 5.73 Å². The van der Waals surface area contributed by atoms with Gasteiger partial charge in [-0.1, -0.05) is 18.2 Å². The maximum atomic E-state index is 5.88. The summed E-state index contributed by atoms with van der Waals surface area (Å²) >= 11 is 0. The van der Waals surface area contributed by atoms with Crippen LogP contribution in [0.3, 0.4) is 0 Å². The van der Waals surface area contributed by atoms with Gasteiger partial charge in [0.1, 0.15) is 11.6 Å². The first-order valence-corrected chi connectivity index (χ1v) is 7.50. The molecule has 2 heterocycles. The van der Waals surface area contributed by atoms with Crippen LogP contribution in [0.5, 0.6) is 0 Å². The summed E-state index contributed by atoms with van der Waals surface area (Å²) in [5.74, 6) is 1.90. The molecule has 1 aliphatic heterocycles. The van der Waals surface area contributed by atoms with Crippen molar-refractivity contribution in [2.45, 2.75) is 12.5 Å². The number of nitrogens with one attached hydrogen (secondary N) is 1. The first-order chi connectivity index (χ1) is 10.6. The Morgan fingerprint density at radius 2 is 2.00 bits per heavy atom. The van der Waals surface area contributed by atoms with Crippen LogP contribution < -0.4 is 16.0 Å². The molecule has 3 N–H and O–H groups in total. The minimum Gasteiger partial charge on any atom is -0.368 e. The molecular formula is C16H22N6. The lowest BCUT2D eigenvalue weighted by atomic mass is 10.2. The molecule has 0 aliphatic carbocycles. The summed E-state index contributed by atoms with van der Waals surface area (Å²) in [6.45, 7) is 1.96. The Bertz CT molecular complexity index is 628. The van der Waals surface area contributed by atoms with Crippen molar-refractivity contribution in [1.82, 2.24) is 14.9 Å². The summed E-state index contributed by atoms with van der Waals surface area (Å²) in [6, 6.07) is 12.5. The number of nitrogen functional groups attached to an aromatic ring is 1. The zero-order valence-corrected chi connectivity index (χ0v) is 13.0. The highest BCUT2D eigenvalue weighted by atomic mass is 15.3. The molecule has 116 valence electrons. The molecule has 1 fully saturated rings. The lowest BCUT2D eigenvalue weighted by Gasteiger charge is -2.21. The van der Waals surface area contributed by atoms with E-state index in [-0.39, 0.29) is 0 Å². The fraction of sp³-hybridized carbons (Fsp3) is 0.375. The average molecular weight is 298 g/mol. The molecule has 0 radical (unpaired) electrons. The minimum absolute atomic E-state index is 0.296. The normalized spacial score (nSPS) is 18.0. The van der Waals surface area contributed by atoms with Gasteiger partial charge in [0, 0.05) is 30.9 Å². The summed E-state index contributed by atoms with van der Waals surface area (Å²) in [6.07, 6.45) is 1.14. The van der Waals surface area contributed by atoms with Crippen molar-refractivity contribution in [1.29, 1.82) is 0 Å². The summed E-state index contributed by atoms with van der Waals surface area (Å²) in [5.41, 5.74) is 6.86. The predicted octanol–water partition coefficient (Wildman–Crippen LogP) is 1.94. The van der Waals surface area contributed by atoms with Crippen molar-refractivity contribution >= 4 is 23.3 Å². The molecule has 1 saturated heterocycles. The largest absolute Gasteiger partial charge is 0.368 e. The number of nitrogens with zero attached hydrogens (tertiary/aromatic N) is 4. The van der Waals surface area contributed by atoms with Gasteiger partial charge in [0.15, 0.2) is 0 Å². The average Bonchev–Trinajstić information content (AvgIpc) is 2.98. The van der Waals surface area contributed by atoms with E-state index in [2.05, 4.69) is 39.2 Å². The van der Waals surface area contributed by atoms with Crippen LogP contribution in [0.2, 0.25) is 0 Å². The Balaban J connectivity index is 1.79. The van der Waals surface area contributed by atoms with Gasteiger partial charge in [-0.25, -0.2) is 0 Å². The number of hydrogen-bond donors (Lipinski definition) is 2. The molecule has 1 aliphatic rings. The molecule has 1 unspecified atom stereocenters. The summed E-state index contributed by atoms with van der Waals surface area (Å²) in [5, 5.41) is 3.27. The van der Waals surface area contributed by atoms with Crippen molar-refractivity contribution in [3.63, 3.8) is 0 Å². The lowest BCUT2D eigenvalue weighted by molar-refractivity contribution is 0.315. The van der Waals surface area contributed by atoms with Crippen LogP contribution in [0.25, 0.3) is 0 Å². The van der Waals surface area contributed by atoms with Crippen molar-refractivity contribution in [2.75, 3.05) is 43.1 Å². The lowest BCUT2D eigenvalue weighted by Crippen LogP contribution is -2.31. The number of likely N-dealkylation sites (N-methyl/N-ethyl adjacent to an activating group) is 1. The van der Waals surface area contributed by atoms with Crippen molar-refractivity contribution in [3.8, 4) is 0 Å². The third-order valence-corrected chi connectivity index (χ3v) is 3.99. The Hall–Kier alpha value is -2.34. The maximum absolute atomic E-state index is 5.88. The second kappa shape index (κ2) is 6.19. The van der Waals surface area contributed by atoms with Crippen LogP contribution >= 0.6 is 0 Å². The van der Waals surface area contributed by atoms with E-state index in [1.54, 1.807) is 0 Å². The molecule has 0 bridgehead atoms. The third-order valence-electron chi connectivity index (χ3n) is 3.99. The van der Waals surface area contributed by atoms with E-state index < -0.39 is 0 Å². The molecule has 2 aromatic rings. The molecular weight excluding hydrogens is 276 g/mol. The van der Waals surface area contributed by atoms with Gasteiger partial charge >= 0.3 is 0 Å². The van der Waals surface area contributed by atoms with Crippen LogP contribution in [-0.2, 0) is 0 Å². The van der Waals surface area contributed by atoms with Crippen LogP contribution in [0.1, 0.15) is 6.42 Å². The highest BCUT2D eigenvalue weighted by molar-refractivity contribution is 5.61. The highest BCUT2D eigenvalue weighted by Crippen LogP contribution is 2.24. The number of benzene rings is 1. The fourth-order valence-electron chi connectivity index (χ4n) is 2.72. The van der Waals surface area contributed by atoms with Gasteiger partial charge in [-0.15, -0.1) is 0 Å². The van der Waals surface area contributed by atoms with Crippen molar-refractivity contribution in [2.24, 2.45) is 0 Å². The van der Waals surface area contributed by atoms with Gasteiger partial charge in [-0.05, 0) is 32.6 Å². The first-order valence-electron chi connectivity index (χ1n) is 7.50. The van der Waals surface area contributed by atoms with E-state index in [0.29, 0.717) is 12.0 Å². The zero-order chi connectivity index (χ0) is 15.5. The molecule has 6 heteroatoms. The van der Waals surface area contributed by atoms with Gasteiger partial charge in [-0.2, -0.15) is 9.97 Å². The van der Waals surface area contributed by atoms with Crippen LogP contribution in [0.4, 0.5) is 23.3 Å². The standard InChI is InChI=1S/C16H22N6/c1-21(2)13-8-9-22(11-13)15-10-14(19-16(17)20-15)18-12-6-4-3-5-7-12/h3-7,10,13H,8-9,11H2,1-2H3,(H3,17,18,19,20). The number of aromatic nitrogens is 2. The van der Waals surface area contributed by atoms with Gasteiger partial charge in [0.2, 0.25) is 5.95 Å². The summed E-state index contributed by atoms with van der Waals surface area (Å²) in [7, 11) is 4.23. The maximum Gasteiger partial charge on any atom is 0.223 e. The molecule has 0 amide bonds. The predicted molar refractivity (Wildman–Crippen MR) is 90.5 cm³/mol. The molecule has 0 spiro atoms. The van der Waals surface area contributed by atoms with E-state index >= 15 is 0 Å². The Kier molecular flexibility index (Phi) is 4.11. The van der Waals surface area contributed by atoms with Gasteiger partial charge < -0.3 is 20.9 Å². The second-order valence-electron chi connectivity index (χ2n) is 5.81. The first kappa shape index (κ1) is 14.6. The zero-order valence-electron chi connectivity index (χ0n) is 13.0. The van der Waals surface area contributed by atoms with Crippen molar-refractivity contribution in [3.05, 3.63) is 36.4 Å². The van der Waals surface area contributed by atoms with E-state index in [1.165, 1.54) is 0 Å². The number of nitrogens with two attached hydrogens (primary N) is 1. The molecule has 3 rings (SSSR count). The number of hydrogen-bond acceptors (Lipinski definition) is 6. The topological polar surface area (TPSA) is 70.3 Å². The Morgan fingerprint density at radius 3 is 2.68 bits per heavy atom. The number of para-hydroxylation sites is 1. The molecule has 1 atom stereocenters. The monoisotopic (exact) mass is 298 g/mol. The van der Waals surface area contributed by atoms with Gasteiger partial charge in [0.05, 0.1) is 0 Å².